The number of rotatable bonds is 12. The van der Waals surface area contributed by atoms with Gasteiger partial charge in [0.1, 0.15) is 18.5 Å². The number of nitrogens with zero attached hydrogens (tertiary/aromatic N) is 1. The van der Waals surface area contributed by atoms with Gasteiger partial charge in [-0.25, -0.2) is 0 Å². The van der Waals surface area contributed by atoms with Gasteiger partial charge in [0.2, 0.25) is 0 Å². The fourth-order valence-corrected chi connectivity index (χ4v) is 3.91. The van der Waals surface area contributed by atoms with E-state index in [1.54, 1.807) is 0 Å². The molecule has 1 heterocycles. The van der Waals surface area contributed by atoms with Gasteiger partial charge in [0, 0.05) is 36.1 Å². The van der Waals surface area contributed by atoms with Crippen LogP contribution in [-0.2, 0) is 9.53 Å². The summed E-state index contributed by atoms with van der Waals surface area (Å²) in [4.78, 5) is 16.6. The molecule has 5 heteroatoms. The van der Waals surface area contributed by atoms with E-state index in [9.17, 15) is 9.90 Å². The number of para-hydroxylation sites is 2. The van der Waals surface area contributed by atoms with Crippen LogP contribution < -0.4 is 4.74 Å². The number of aromatic nitrogens is 1. The third kappa shape index (κ3) is 6.78. The molecule has 0 saturated heterocycles. The number of allylic oxidation sites excluding steroid dienone is 2. The molecule has 0 bridgehead atoms. The highest BCUT2D eigenvalue weighted by Gasteiger charge is 2.19. The van der Waals surface area contributed by atoms with E-state index in [-0.39, 0.29) is 19.2 Å². The molecule has 178 valence electrons. The highest BCUT2D eigenvalue weighted by atomic mass is 16.5. The average molecular weight is 460 g/mol. The van der Waals surface area contributed by atoms with Crippen LogP contribution in [0.3, 0.4) is 0 Å². The van der Waals surface area contributed by atoms with Crippen LogP contribution in [0.25, 0.3) is 16.5 Å². The molecule has 0 amide bonds. The van der Waals surface area contributed by atoms with Gasteiger partial charge in [0.05, 0.1) is 12.1 Å². The first-order valence-corrected chi connectivity index (χ1v) is 11.8. The van der Waals surface area contributed by atoms with Crippen molar-refractivity contribution >= 4 is 22.4 Å². The van der Waals surface area contributed by atoms with Gasteiger partial charge >= 0.3 is 5.97 Å². The number of fused-ring (bicyclic) bond motifs is 1. The van der Waals surface area contributed by atoms with Gasteiger partial charge in [-0.15, -0.1) is 0 Å². The molecular weight excluding hydrogens is 426 g/mol. The second-order valence-corrected chi connectivity index (χ2v) is 8.19. The van der Waals surface area contributed by atoms with Crippen molar-refractivity contribution in [1.29, 1.82) is 0 Å². The summed E-state index contributed by atoms with van der Waals surface area (Å²) in [6.07, 6.45) is 6.88. The number of carbonyl (C=O) groups is 1. The number of hydrogen-bond donors (Lipinski definition) is 1. The highest BCUT2D eigenvalue weighted by Crippen LogP contribution is 2.34. The van der Waals surface area contributed by atoms with Gasteiger partial charge in [-0.1, -0.05) is 62.4 Å². The van der Waals surface area contributed by atoms with Crippen LogP contribution in [0.1, 0.15) is 56.8 Å². The molecule has 0 radical (unpaired) electrons. The van der Waals surface area contributed by atoms with Crippen molar-refractivity contribution in [2.24, 2.45) is 0 Å². The summed E-state index contributed by atoms with van der Waals surface area (Å²) in [5.41, 5.74) is 4.74. The van der Waals surface area contributed by atoms with Crippen LogP contribution >= 0.6 is 0 Å². The van der Waals surface area contributed by atoms with E-state index in [2.05, 4.69) is 36.7 Å². The Labute approximate surface area is 201 Å². The molecule has 0 unspecified atom stereocenters. The number of carbonyl (C=O) groups excluding carboxylic acids is 1. The molecule has 34 heavy (non-hydrogen) atoms. The maximum absolute atomic E-state index is 11.9. The Kier molecular flexibility index (Phi) is 9.41. The molecule has 1 aromatic heterocycles. The predicted molar refractivity (Wildman–Crippen MR) is 137 cm³/mol. The Bertz CT molecular complexity index is 1150. The van der Waals surface area contributed by atoms with Crippen LogP contribution in [-0.4, -0.2) is 29.3 Å². The minimum Gasteiger partial charge on any atom is -0.491 e. The maximum atomic E-state index is 11.9. The summed E-state index contributed by atoms with van der Waals surface area (Å²) < 4.78 is 11.4. The molecule has 3 aromatic rings. The van der Waals surface area contributed by atoms with E-state index < -0.39 is 6.10 Å². The van der Waals surface area contributed by atoms with Gasteiger partial charge in [0.25, 0.3) is 0 Å². The standard InChI is InChI=1S/C29H33NO4/c1-4-5-10-21(2)25(24-19-23-11-6-8-13-27(23)30-20-24)15-16-29(34-22(3)32)26-12-7-9-14-28(26)33-18-17-31/h6-9,11-15,19-20,29,31H,2,4-5,10,16-18H2,1,3H3/b25-15-/t29-/m1/s1. The minimum absolute atomic E-state index is 0.0944. The number of pyridine rings is 1. The van der Waals surface area contributed by atoms with Gasteiger partial charge in [-0.05, 0) is 42.2 Å². The molecule has 0 saturated carbocycles. The van der Waals surface area contributed by atoms with E-state index in [1.807, 2.05) is 48.7 Å². The van der Waals surface area contributed by atoms with E-state index in [0.29, 0.717) is 12.2 Å². The Hall–Kier alpha value is -3.44. The number of aliphatic hydroxyl groups excluding tert-OH is 1. The molecule has 1 atom stereocenters. The van der Waals surface area contributed by atoms with Crippen molar-refractivity contribution in [3.63, 3.8) is 0 Å². The summed E-state index contributed by atoms with van der Waals surface area (Å²) in [5.74, 6) is 0.226. The molecule has 0 aliphatic rings. The van der Waals surface area contributed by atoms with Crippen molar-refractivity contribution in [2.45, 2.75) is 45.6 Å². The van der Waals surface area contributed by atoms with Crippen LogP contribution in [0, 0.1) is 0 Å². The van der Waals surface area contributed by atoms with Crippen molar-refractivity contribution < 1.29 is 19.4 Å². The van der Waals surface area contributed by atoms with Crippen molar-refractivity contribution in [3.05, 3.63) is 90.1 Å². The van der Waals surface area contributed by atoms with Crippen LogP contribution in [0.15, 0.2) is 79.0 Å². The first-order chi connectivity index (χ1) is 16.5. The lowest BCUT2D eigenvalue weighted by Crippen LogP contribution is -2.11. The smallest absolute Gasteiger partial charge is 0.303 e. The number of hydrogen-bond acceptors (Lipinski definition) is 5. The Morgan fingerprint density at radius 2 is 1.94 bits per heavy atom. The van der Waals surface area contributed by atoms with Gasteiger partial charge in [-0.3, -0.25) is 9.78 Å². The zero-order chi connectivity index (χ0) is 24.3. The molecule has 5 nitrogen and oxygen atoms in total. The Morgan fingerprint density at radius 3 is 2.71 bits per heavy atom. The normalized spacial score (nSPS) is 12.4. The largest absolute Gasteiger partial charge is 0.491 e. The number of ether oxygens (including phenoxy) is 2. The first-order valence-electron chi connectivity index (χ1n) is 11.8. The maximum Gasteiger partial charge on any atom is 0.303 e. The number of benzene rings is 2. The summed E-state index contributed by atoms with van der Waals surface area (Å²) in [6, 6.07) is 17.6. The third-order valence-electron chi connectivity index (χ3n) is 5.57. The molecule has 3 rings (SSSR count). The van der Waals surface area contributed by atoms with Crippen molar-refractivity contribution in [2.75, 3.05) is 13.2 Å². The lowest BCUT2D eigenvalue weighted by Gasteiger charge is -2.20. The summed E-state index contributed by atoms with van der Waals surface area (Å²) in [5, 5.41) is 10.2. The summed E-state index contributed by atoms with van der Waals surface area (Å²) in [7, 11) is 0. The fraction of sp³-hybridized carbons (Fsp3) is 0.310. The lowest BCUT2D eigenvalue weighted by molar-refractivity contribution is -0.146. The molecule has 2 aromatic carbocycles. The van der Waals surface area contributed by atoms with E-state index >= 15 is 0 Å². The second kappa shape index (κ2) is 12.7. The molecule has 1 N–H and O–H groups in total. The fourth-order valence-electron chi connectivity index (χ4n) is 3.91. The molecule has 0 aliphatic carbocycles. The summed E-state index contributed by atoms with van der Waals surface area (Å²) in [6.45, 7) is 8.00. The van der Waals surface area contributed by atoms with E-state index in [4.69, 9.17) is 9.47 Å². The SMILES string of the molecule is C=C(CCCC)/C(=C/C[C@@H](OC(C)=O)c1ccccc1OCCO)c1cnc2ccccc2c1. The van der Waals surface area contributed by atoms with Crippen molar-refractivity contribution in [1.82, 2.24) is 4.98 Å². The van der Waals surface area contributed by atoms with Gasteiger partial charge in [0.15, 0.2) is 0 Å². The van der Waals surface area contributed by atoms with E-state index in [1.165, 1.54) is 6.92 Å². The highest BCUT2D eigenvalue weighted by molar-refractivity contribution is 5.86. The summed E-state index contributed by atoms with van der Waals surface area (Å²) >= 11 is 0. The molecule has 0 spiro atoms. The Balaban J connectivity index is 1.99. The van der Waals surface area contributed by atoms with Crippen molar-refractivity contribution in [3.8, 4) is 5.75 Å². The first kappa shape index (κ1) is 25.2. The number of aliphatic hydroxyl groups is 1. The van der Waals surface area contributed by atoms with Crippen LogP contribution in [0.2, 0.25) is 0 Å². The lowest BCUT2D eigenvalue weighted by atomic mass is 9.93. The van der Waals surface area contributed by atoms with E-state index in [0.717, 1.165) is 52.4 Å². The number of esters is 1. The quantitative estimate of drug-likeness (QED) is 0.250. The van der Waals surface area contributed by atoms with Crippen LogP contribution in [0.5, 0.6) is 5.75 Å². The molecule has 0 fully saturated rings. The predicted octanol–water partition coefficient (Wildman–Crippen LogP) is 6.43. The topological polar surface area (TPSA) is 68.7 Å². The Morgan fingerprint density at radius 1 is 1.18 bits per heavy atom. The average Bonchev–Trinajstić information content (AvgIpc) is 2.85. The third-order valence-corrected chi connectivity index (χ3v) is 5.57. The molecular formula is C29H33NO4. The second-order valence-electron chi connectivity index (χ2n) is 8.19. The zero-order valence-electron chi connectivity index (χ0n) is 20.0. The molecule has 0 aliphatic heterocycles. The van der Waals surface area contributed by atoms with Gasteiger partial charge < -0.3 is 14.6 Å². The minimum atomic E-state index is -0.533. The van der Waals surface area contributed by atoms with Crippen LogP contribution in [0.4, 0.5) is 0 Å². The monoisotopic (exact) mass is 459 g/mol. The zero-order valence-corrected chi connectivity index (χ0v) is 20.0. The number of unbranched alkanes of at least 4 members (excludes halogenated alkanes) is 1. The van der Waals surface area contributed by atoms with Gasteiger partial charge in [-0.2, -0.15) is 0 Å².